The molecule has 2 unspecified atom stereocenters. The third-order valence-electron chi connectivity index (χ3n) is 3.51. The van der Waals surface area contributed by atoms with Gasteiger partial charge >= 0.3 is 5.97 Å². The molecule has 116 valence electrons. The Kier molecular flexibility index (Phi) is 4.46. The van der Waals surface area contributed by atoms with Gasteiger partial charge in [-0.25, -0.2) is 4.39 Å². The first kappa shape index (κ1) is 15.7. The van der Waals surface area contributed by atoms with Gasteiger partial charge < -0.3 is 9.84 Å². The number of halogens is 2. The maximum Gasteiger partial charge on any atom is 0.323 e. The van der Waals surface area contributed by atoms with Crippen molar-refractivity contribution in [2.75, 3.05) is 0 Å². The van der Waals surface area contributed by atoms with Crippen LogP contribution in [-0.4, -0.2) is 28.8 Å². The van der Waals surface area contributed by atoms with Gasteiger partial charge in [-0.3, -0.25) is 10.1 Å². The molecule has 2 N–H and O–H groups in total. The summed E-state index contributed by atoms with van der Waals surface area (Å²) in [7, 11) is 0. The van der Waals surface area contributed by atoms with Gasteiger partial charge in [0, 0.05) is 12.5 Å². The average Bonchev–Trinajstić information content (AvgIpc) is 3.18. The summed E-state index contributed by atoms with van der Waals surface area (Å²) in [5.41, 5.74) is -1.15. The number of hydrogen-bond donors (Lipinski definition) is 2. The lowest BCUT2D eigenvalue weighted by Gasteiger charge is -2.29. The van der Waals surface area contributed by atoms with E-state index in [0.29, 0.717) is 0 Å². The summed E-state index contributed by atoms with van der Waals surface area (Å²) in [6.07, 6.45) is 1.48. The van der Waals surface area contributed by atoms with Crippen molar-refractivity contribution in [2.24, 2.45) is 0 Å². The lowest BCUT2D eigenvalue weighted by atomic mass is 9.94. The van der Waals surface area contributed by atoms with Crippen molar-refractivity contribution in [3.05, 3.63) is 29.8 Å². The number of carboxylic acid groups (broad SMARTS) is 1. The van der Waals surface area contributed by atoms with Gasteiger partial charge in [-0.1, -0.05) is 6.07 Å². The summed E-state index contributed by atoms with van der Waals surface area (Å²) in [6.45, 7) is 3.22. The van der Waals surface area contributed by atoms with Crippen LogP contribution in [0.5, 0.6) is 5.75 Å². The summed E-state index contributed by atoms with van der Waals surface area (Å²) < 4.78 is 32.0. The highest BCUT2D eigenvalue weighted by Crippen LogP contribution is 2.27. The molecule has 6 heteroatoms. The van der Waals surface area contributed by atoms with E-state index in [1.807, 2.05) is 0 Å². The van der Waals surface area contributed by atoms with Crippen molar-refractivity contribution in [1.82, 2.24) is 5.32 Å². The van der Waals surface area contributed by atoms with E-state index in [1.165, 1.54) is 12.1 Å². The first-order chi connectivity index (χ1) is 9.82. The maximum absolute atomic E-state index is 13.5. The van der Waals surface area contributed by atoms with Crippen molar-refractivity contribution in [3.8, 4) is 5.75 Å². The standard InChI is InChI=1S/C15H19F2NO3/c1-9(21-12-5-3-4-11(16)13(12)17)8-15(2,14(19)20)18-10-6-7-10/h3-5,9-10,18H,6-8H2,1-2H3,(H,19,20). The highest BCUT2D eigenvalue weighted by Gasteiger charge is 2.40. The van der Waals surface area contributed by atoms with Gasteiger partial charge in [-0.05, 0) is 38.8 Å². The first-order valence-corrected chi connectivity index (χ1v) is 6.93. The normalized spacial score (nSPS) is 18.9. The molecule has 0 saturated heterocycles. The van der Waals surface area contributed by atoms with E-state index in [9.17, 15) is 18.7 Å². The summed E-state index contributed by atoms with van der Waals surface area (Å²) >= 11 is 0. The second-order valence-corrected chi connectivity index (χ2v) is 5.74. The first-order valence-electron chi connectivity index (χ1n) is 6.93. The SMILES string of the molecule is CC(CC(C)(NC1CC1)C(=O)O)Oc1cccc(F)c1F. The molecule has 1 saturated carbocycles. The fourth-order valence-corrected chi connectivity index (χ4v) is 2.29. The van der Waals surface area contributed by atoms with Crippen LogP contribution in [-0.2, 0) is 4.79 Å². The zero-order valence-electron chi connectivity index (χ0n) is 12.0. The molecule has 1 aliphatic rings. The van der Waals surface area contributed by atoms with Crippen LogP contribution in [0, 0.1) is 11.6 Å². The molecule has 1 aromatic rings. The Bertz CT molecular complexity index is 534. The van der Waals surface area contributed by atoms with Crippen LogP contribution in [0.3, 0.4) is 0 Å². The van der Waals surface area contributed by atoms with Crippen LogP contribution in [0.25, 0.3) is 0 Å². The quantitative estimate of drug-likeness (QED) is 0.813. The topological polar surface area (TPSA) is 58.6 Å². The van der Waals surface area contributed by atoms with Crippen LogP contribution in [0.4, 0.5) is 8.78 Å². The van der Waals surface area contributed by atoms with Crippen LogP contribution < -0.4 is 10.1 Å². The van der Waals surface area contributed by atoms with E-state index in [4.69, 9.17) is 4.74 Å². The molecule has 4 nitrogen and oxygen atoms in total. The molecular formula is C15H19F2NO3. The summed E-state index contributed by atoms with van der Waals surface area (Å²) in [5.74, 6) is -3.24. The van der Waals surface area contributed by atoms with E-state index in [0.717, 1.165) is 18.9 Å². The minimum atomic E-state index is -1.15. The highest BCUT2D eigenvalue weighted by atomic mass is 19.2. The lowest BCUT2D eigenvalue weighted by Crippen LogP contribution is -2.52. The molecule has 0 spiro atoms. The fourth-order valence-electron chi connectivity index (χ4n) is 2.29. The van der Waals surface area contributed by atoms with Crippen LogP contribution in [0.2, 0.25) is 0 Å². The second kappa shape index (κ2) is 5.97. The monoisotopic (exact) mass is 299 g/mol. The van der Waals surface area contributed by atoms with Gasteiger partial charge in [0.05, 0.1) is 6.10 Å². The number of hydrogen-bond acceptors (Lipinski definition) is 3. The highest BCUT2D eigenvalue weighted by molar-refractivity contribution is 5.78. The molecule has 0 radical (unpaired) electrons. The van der Waals surface area contributed by atoms with Crippen LogP contribution in [0.15, 0.2) is 18.2 Å². The zero-order valence-corrected chi connectivity index (χ0v) is 12.0. The van der Waals surface area contributed by atoms with E-state index < -0.39 is 29.2 Å². The molecule has 0 bridgehead atoms. The number of rotatable bonds is 7. The Morgan fingerprint density at radius 1 is 1.52 bits per heavy atom. The predicted molar refractivity (Wildman–Crippen MR) is 73.3 cm³/mol. The van der Waals surface area contributed by atoms with Crippen molar-refractivity contribution in [3.63, 3.8) is 0 Å². The number of carbonyl (C=O) groups is 1. The Balaban J connectivity index is 2.03. The van der Waals surface area contributed by atoms with Gasteiger partial charge in [-0.2, -0.15) is 4.39 Å². The predicted octanol–water partition coefficient (Wildman–Crippen LogP) is 2.72. The minimum Gasteiger partial charge on any atom is -0.487 e. The van der Waals surface area contributed by atoms with Crippen LogP contribution >= 0.6 is 0 Å². The van der Waals surface area contributed by atoms with Crippen molar-refractivity contribution >= 4 is 5.97 Å². The van der Waals surface area contributed by atoms with Gasteiger partial charge in [0.25, 0.3) is 0 Å². The number of nitrogens with one attached hydrogen (secondary N) is 1. The number of ether oxygens (including phenoxy) is 1. The lowest BCUT2D eigenvalue weighted by molar-refractivity contribution is -0.145. The van der Waals surface area contributed by atoms with Crippen molar-refractivity contribution in [1.29, 1.82) is 0 Å². The molecule has 1 aliphatic carbocycles. The number of aliphatic carboxylic acids is 1. The van der Waals surface area contributed by atoms with Gasteiger partial charge in [0.15, 0.2) is 11.6 Å². The Hall–Kier alpha value is -1.69. The van der Waals surface area contributed by atoms with Crippen molar-refractivity contribution in [2.45, 2.75) is 50.8 Å². The molecule has 0 amide bonds. The summed E-state index contributed by atoms with van der Waals surface area (Å²) in [4.78, 5) is 11.4. The Morgan fingerprint density at radius 2 is 2.19 bits per heavy atom. The third kappa shape index (κ3) is 3.91. The number of carboxylic acids is 1. The minimum absolute atomic E-state index is 0.148. The molecule has 0 aliphatic heterocycles. The largest absolute Gasteiger partial charge is 0.487 e. The molecule has 1 fully saturated rings. The summed E-state index contributed by atoms with van der Waals surface area (Å²) in [5, 5.41) is 12.4. The van der Waals surface area contributed by atoms with Gasteiger partial charge in [0.2, 0.25) is 5.82 Å². The van der Waals surface area contributed by atoms with Gasteiger partial charge in [-0.15, -0.1) is 0 Å². The van der Waals surface area contributed by atoms with E-state index in [2.05, 4.69) is 5.32 Å². The fraction of sp³-hybridized carbons (Fsp3) is 0.533. The maximum atomic E-state index is 13.5. The van der Waals surface area contributed by atoms with Crippen molar-refractivity contribution < 1.29 is 23.4 Å². The molecule has 2 atom stereocenters. The van der Waals surface area contributed by atoms with Crippen LogP contribution in [0.1, 0.15) is 33.1 Å². The van der Waals surface area contributed by atoms with Gasteiger partial charge in [0.1, 0.15) is 5.54 Å². The molecular weight excluding hydrogens is 280 g/mol. The zero-order chi connectivity index (χ0) is 15.6. The second-order valence-electron chi connectivity index (χ2n) is 5.74. The third-order valence-corrected chi connectivity index (χ3v) is 3.51. The van der Waals surface area contributed by atoms with E-state index >= 15 is 0 Å². The Morgan fingerprint density at radius 3 is 2.76 bits per heavy atom. The molecule has 2 rings (SSSR count). The smallest absolute Gasteiger partial charge is 0.323 e. The number of benzene rings is 1. The van der Waals surface area contributed by atoms with E-state index in [-0.39, 0.29) is 18.2 Å². The molecule has 21 heavy (non-hydrogen) atoms. The molecule has 0 aromatic heterocycles. The Labute approximate surface area is 122 Å². The van der Waals surface area contributed by atoms with E-state index in [1.54, 1.807) is 13.8 Å². The molecule has 1 aromatic carbocycles. The average molecular weight is 299 g/mol. The molecule has 0 heterocycles. The summed E-state index contributed by atoms with van der Waals surface area (Å²) in [6, 6.07) is 3.88.